The van der Waals surface area contributed by atoms with Crippen LogP contribution >= 0.6 is 11.6 Å². The molecule has 1 heterocycles. The first-order valence-electron chi connectivity index (χ1n) is 4.39. The Kier molecular flexibility index (Phi) is 4.10. The summed E-state index contributed by atoms with van der Waals surface area (Å²) in [6, 6.07) is 0. The van der Waals surface area contributed by atoms with Crippen molar-refractivity contribution in [1.29, 1.82) is 0 Å². The molecule has 78 valence electrons. The van der Waals surface area contributed by atoms with E-state index in [0.717, 1.165) is 11.4 Å². The smallest absolute Gasteiger partial charge is 0.252 e. The molecule has 1 N–H and O–H groups in total. The summed E-state index contributed by atoms with van der Waals surface area (Å²) in [6.07, 6.45) is 0.560. The van der Waals surface area contributed by atoms with E-state index in [9.17, 15) is 0 Å². The van der Waals surface area contributed by atoms with Crippen molar-refractivity contribution in [2.45, 2.75) is 20.3 Å². The second-order valence-corrected chi connectivity index (χ2v) is 3.27. The normalized spacial score (nSPS) is 10.3. The Bertz CT molecular complexity index is 318. The van der Waals surface area contributed by atoms with Crippen molar-refractivity contribution in [2.24, 2.45) is 0 Å². The average Bonchev–Trinajstić information content (AvgIpc) is 2.14. The molecule has 0 amide bonds. The molecule has 0 unspecified atom stereocenters. The molecule has 14 heavy (non-hydrogen) atoms. The number of aryl methyl sites for hydroxylation is 2. The lowest BCUT2D eigenvalue weighted by atomic mass is 10.3. The predicted molar refractivity (Wildman–Crippen MR) is 53.7 cm³/mol. The first kappa shape index (κ1) is 11.2. The van der Waals surface area contributed by atoms with E-state index in [1.165, 1.54) is 0 Å². The number of aliphatic hydroxyl groups excluding tert-OH is 1. The Hall–Kier alpha value is -0.870. The van der Waals surface area contributed by atoms with Gasteiger partial charge in [0.2, 0.25) is 0 Å². The molecule has 1 aromatic rings. The minimum atomic E-state index is 0.0931. The van der Waals surface area contributed by atoms with Gasteiger partial charge in [0.25, 0.3) is 5.88 Å². The van der Waals surface area contributed by atoms with Crippen molar-refractivity contribution in [3.63, 3.8) is 0 Å². The Morgan fingerprint density at radius 1 is 1.29 bits per heavy atom. The van der Waals surface area contributed by atoms with E-state index < -0.39 is 0 Å². The summed E-state index contributed by atoms with van der Waals surface area (Å²) in [7, 11) is 0. The minimum Gasteiger partial charge on any atom is -0.475 e. The molecule has 0 radical (unpaired) electrons. The van der Waals surface area contributed by atoms with Gasteiger partial charge in [-0.3, -0.25) is 0 Å². The SMILES string of the molecule is Cc1nc(Cl)c(OCCCO)nc1C. The lowest BCUT2D eigenvalue weighted by Gasteiger charge is -2.07. The molecule has 5 heteroatoms. The summed E-state index contributed by atoms with van der Waals surface area (Å²) in [5, 5.41) is 8.83. The molecule has 0 bridgehead atoms. The van der Waals surface area contributed by atoms with Crippen LogP contribution in [-0.2, 0) is 0 Å². The van der Waals surface area contributed by atoms with Crippen molar-refractivity contribution in [3.8, 4) is 5.88 Å². The zero-order valence-corrected chi connectivity index (χ0v) is 9.01. The van der Waals surface area contributed by atoms with Crippen LogP contribution in [-0.4, -0.2) is 28.3 Å². The standard InChI is InChI=1S/C9H13ClN2O2/c1-6-7(2)12-9(8(10)11-6)14-5-3-4-13/h13H,3-5H2,1-2H3. The highest BCUT2D eigenvalue weighted by Gasteiger charge is 2.07. The second kappa shape index (κ2) is 5.12. The number of nitrogens with zero attached hydrogens (tertiary/aromatic N) is 2. The summed E-state index contributed by atoms with van der Waals surface area (Å²) in [6.45, 7) is 4.17. The van der Waals surface area contributed by atoms with Crippen LogP contribution < -0.4 is 4.74 Å². The van der Waals surface area contributed by atoms with E-state index in [4.69, 9.17) is 21.4 Å². The molecule has 0 atom stereocenters. The number of aliphatic hydroxyl groups is 1. The molecule has 1 rings (SSSR count). The van der Waals surface area contributed by atoms with Gasteiger partial charge < -0.3 is 9.84 Å². The van der Waals surface area contributed by atoms with Gasteiger partial charge >= 0.3 is 0 Å². The van der Waals surface area contributed by atoms with Gasteiger partial charge in [0.05, 0.1) is 18.0 Å². The monoisotopic (exact) mass is 216 g/mol. The molecule has 0 fully saturated rings. The molecule has 0 saturated heterocycles. The molecule has 0 aliphatic heterocycles. The van der Waals surface area contributed by atoms with E-state index in [-0.39, 0.29) is 11.8 Å². The molecule has 0 aliphatic carbocycles. The minimum absolute atomic E-state index is 0.0931. The van der Waals surface area contributed by atoms with Crippen LogP contribution in [0.25, 0.3) is 0 Å². The maximum absolute atomic E-state index is 8.56. The highest BCUT2D eigenvalue weighted by Crippen LogP contribution is 2.20. The van der Waals surface area contributed by atoms with Crippen LogP contribution in [0.5, 0.6) is 5.88 Å². The first-order chi connectivity index (χ1) is 6.65. The zero-order chi connectivity index (χ0) is 10.6. The van der Waals surface area contributed by atoms with Crippen LogP contribution in [0.15, 0.2) is 0 Å². The molecule has 0 aliphatic rings. The van der Waals surface area contributed by atoms with Gasteiger partial charge in [-0.1, -0.05) is 11.6 Å². The summed E-state index contributed by atoms with van der Waals surface area (Å²) in [4.78, 5) is 8.21. The van der Waals surface area contributed by atoms with Gasteiger partial charge in [0.1, 0.15) is 0 Å². The first-order valence-corrected chi connectivity index (χ1v) is 4.77. The average molecular weight is 217 g/mol. The van der Waals surface area contributed by atoms with Gasteiger partial charge in [-0.2, -0.15) is 0 Å². The molecular weight excluding hydrogens is 204 g/mol. The van der Waals surface area contributed by atoms with Crippen molar-refractivity contribution < 1.29 is 9.84 Å². The quantitative estimate of drug-likeness (QED) is 0.776. The molecule has 0 saturated carbocycles. The summed E-state index contributed by atoms with van der Waals surface area (Å²) < 4.78 is 5.25. The lowest BCUT2D eigenvalue weighted by molar-refractivity contribution is 0.228. The van der Waals surface area contributed by atoms with Crippen LogP contribution in [0.3, 0.4) is 0 Å². The Labute approximate surface area is 87.9 Å². The number of rotatable bonds is 4. The maximum Gasteiger partial charge on any atom is 0.252 e. The van der Waals surface area contributed by atoms with E-state index in [2.05, 4.69) is 9.97 Å². The Balaban J connectivity index is 2.72. The van der Waals surface area contributed by atoms with E-state index >= 15 is 0 Å². The van der Waals surface area contributed by atoms with Crippen LogP contribution in [0.4, 0.5) is 0 Å². The third-order valence-electron chi connectivity index (χ3n) is 1.78. The number of ether oxygens (including phenoxy) is 1. The number of hydrogen-bond acceptors (Lipinski definition) is 4. The van der Waals surface area contributed by atoms with Crippen molar-refractivity contribution in [3.05, 3.63) is 16.5 Å². The van der Waals surface area contributed by atoms with Gasteiger partial charge in [0, 0.05) is 13.0 Å². The molecule has 0 spiro atoms. The predicted octanol–water partition coefficient (Wildman–Crippen LogP) is 1.51. The summed E-state index contributed by atoms with van der Waals surface area (Å²) in [5.41, 5.74) is 1.60. The number of halogens is 1. The van der Waals surface area contributed by atoms with Gasteiger partial charge in [-0.15, -0.1) is 0 Å². The van der Waals surface area contributed by atoms with Gasteiger partial charge in [-0.05, 0) is 13.8 Å². The Morgan fingerprint density at radius 3 is 2.57 bits per heavy atom. The Morgan fingerprint density at radius 2 is 1.93 bits per heavy atom. The summed E-state index contributed by atoms with van der Waals surface area (Å²) >= 11 is 5.82. The van der Waals surface area contributed by atoms with Crippen molar-refractivity contribution >= 4 is 11.6 Å². The fourth-order valence-corrected chi connectivity index (χ4v) is 1.10. The molecule has 1 aromatic heterocycles. The largest absolute Gasteiger partial charge is 0.475 e. The van der Waals surface area contributed by atoms with Crippen LogP contribution in [0.1, 0.15) is 17.8 Å². The van der Waals surface area contributed by atoms with Crippen molar-refractivity contribution in [2.75, 3.05) is 13.2 Å². The van der Waals surface area contributed by atoms with Crippen LogP contribution in [0, 0.1) is 13.8 Å². The molecular formula is C9H13ClN2O2. The van der Waals surface area contributed by atoms with E-state index in [1.807, 2.05) is 13.8 Å². The maximum atomic E-state index is 8.56. The van der Waals surface area contributed by atoms with Gasteiger partial charge in [-0.25, -0.2) is 9.97 Å². The lowest BCUT2D eigenvalue weighted by Crippen LogP contribution is -2.04. The third kappa shape index (κ3) is 2.82. The van der Waals surface area contributed by atoms with Gasteiger partial charge in [0.15, 0.2) is 5.15 Å². The van der Waals surface area contributed by atoms with E-state index in [1.54, 1.807) is 0 Å². The fourth-order valence-electron chi connectivity index (χ4n) is 0.881. The number of aromatic nitrogens is 2. The molecule has 4 nitrogen and oxygen atoms in total. The summed E-state index contributed by atoms with van der Waals surface area (Å²) in [5.74, 6) is 0.336. The highest BCUT2D eigenvalue weighted by atomic mass is 35.5. The highest BCUT2D eigenvalue weighted by molar-refractivity contribution is 6.30. The van der Waals surface area contributed by atoms with Crippen molar-refractivity contribution in [1.82, 2.24) is 9.97 Å². The topological polar surface area (TPSA) is 55.2 Å². The second-order valence-electron chi connectivity index (χ2n) is 2.92. The van der Waals surface area contributed by atoms with E-state index in [0.29, 0.717) is 18.9 Å². The third-order valence-corrected chi connectivity index (χ3v) is 2.02. The molecule has 0 aromatic carbocycles. The fraction of sp³-hybridized carbons (Fsp3) is 0.556. The number of hydrogen-bond donors (Lipinski definition) is 1. The zero-order valence-electron chi connectivity index (χ0n) is 8.25. The van der Waals surface area contributed by atoms with Crippen LogP contribution in [0.2, 0.25) is 5.15 Å².